The summed E-state index contributed by atoms with van der Waals surface area (Å²) < 4.78 is 0. The first kappa shape index (κ1) is 22.2. The van der Waals surface area contributed by atoms with Gasteiger partial charge in [0.25, 0.3) is 5.69 Å². The molecule has 1 saturated heterocycles. The van der Waals surface area contributed by atoms with Gasteiger partial charge in [-0.15, -0.1) is 0 Å². The standard InChI is InChI=1S/C23H24N10O2/c1-31-10-12-32(13-11-31)23-28-21(26-17-6-8-18(9-7-17)33(34)35)27-22(29-23)30-25-15-16-14-24-20-5-3-2-4-19(16)20/h2-9,14-15,24H,10-13H2,1H3,(H2,26,27,28,29,30)/b25-15+. The fraction of sp³-hybridized carbons (Fsp3) is 0.217. The summed E-state index contributed by atoms with van der Waals surface area (Å²) in [5.74, 6) is 1.13. The summed E-state index contributed by atoms with van der Waals surface area (Å²) in [6, 6.07) is 14.1. The monoisotopic (exact) mass is 472 g/mol. The van der Waals surface area contributed by atoms with Gasteiger partial charge < -0.3 is 20.1 Å². The van der Waals surface area contributed by atoms with Crippen LogP contribution in [-0.2, 0) is 0 Å². The molecule has 0 saturated carbocycles. The molecule has 1 fully saturated rings. The van der Waals surface area contributed by atoms with E-state index in [9.17, 15) is 10.1 Å². The van der Waals surface area contributed by atoms with E-state index < -0.39 is 4.92 Å². The summed E-state index contributed by atoms with van der Waals surface area (Å²) >= 11 is 0. The zero-order valence-electron chi connectivity index (χ0n) is 19.0. The molecule has 12 heteroatoms. The number of hydrogen-bond donors (Lipinski definition) is 3. The molecule has 178 valence electrons. The van der Waals surface area contributed by atoms with Crippen molar-refractivity contribution in [1.29, 1.82) is 0 Å². The van der Waals surface area contributed by atoms with Crippen LogP contribution in [0.25, 0.3) is 10.9 Å². The number of nitro benzene ring substituents is 1. The lowest BCUT2D eigenvalue weighted by Gasteiger charge is -2.32. The number of anilines is 4. The Bertz CT molecular complexity index is 1360. The number of H-pyrrole nitrogens is 1. The average molecular weight is 473 g/mol. The molecule has 0 aliphatic carbocycles. The zero-order valence-corrected chi connectivity index (χ0v) is 19.0. The van der Waals surface area contributed by atoms with Gasteiger partial charge in [-0.25, -0.2) is 5.43 Å². The van der Waals surface area contributed by atoms with E-state index in [0.29, 0.717) is 17.6 Å². The maximum atomic E-state index is 10.9. The van der Waals surface area contributed by atoms with Crippen molar-refractivity contribution >= 4 is 46.3 Å². The van der Waals surface area contributed by atoms with Crippen LogP contribution in [0, 0.1) is 10.1 Å². The highest BCUT2D eigenvalue weighted by Gasteiger charge is 2.19. The lowest BCUT2D eigenvalue weighted by molar-refractivity contribution is -0.384. The van der Waals surface area contributed by atoms with Gasteiger partial charge in [0.05, 0.1) is 11.1 Å². The fourth-order valence-electron chi connectivity index (χ4n) is 3.77. The van der Waals surface area contributed by atoms with E-state index in [1.165, 1.54) is 12.1 Å². The van der Waals surface area contributed by atoms with Gasteiger partial charge in [-0.05, 0) is 25.2 Å². The average Bonchev–Trinajstić information content (AvgIpc) is 3.28. The van der Waals surface area contributed by atoms with Crippen LogP contribution < -0.4 is 15.6 Å². The molecule has 1 aliphatic rings. The topological polar surface area (TPSA) is 140 Å². The molecule has 2 aromatic carbocycles. The molecular weight excluding hydrogens is 448 g/mol. The molecular formula is C23H24N10O2. The smallest absolute Gasteiger partial charge is 0.269 e. The quantitative estimate of drug-likeness (QED) is 0.210. The van der Waals surface area contributed by atoms with E-state index in [2.05, 4.69) is 52.6 Å². The van der Waals surface area contributed by atoms with E-state index >= 15 is 0 Å². The minimum Gasteiger partial charge on any atom is -0.361 e. The van der Waals surface area contributed by atoms with Crippen molar-refractivity contribution < 1.29 is 4.92 Å². The molecule has 5 rings (SSSR count). The molecule has 3 heterocycles. The lowest BCUT2D eigenvalue weighted by atomic mass is 10.2. The first-order valence-corrected chi connectivity index (χ1v) is 11.1. The number of nitrogens with zero attached hydrogens (tertiary/aromatic N) is 7. The predicted molar refractivity (Wildman–Crippen MR) is 135 cm³/mol. The van der Waals surface area contributed by atoms with Crippen LogP contribution >= 0.6 is 0 Å². The van der Waals surface area contributed by atoms with Gasteiger partial charge >= 0.3 is 0 Å². The van der Waals surface area contributed by atoms with Gasteiger partial charge in [0.15, 0.2) is 0 Å². The van der Waals surface area contributed by atoms with Crippen molar-refractivity contribution in [1.82, 2.24) is 24.8 Å². The van der Waals surface area contributed by atoms with Crippen molar-refractivity contribution in [2.45, 2.75) is 0 Å². The first-order chi connectivity index (χ1) is 17.0. The van der Waals surface area contributed by atoms with Crippen molar-refractivity contribution in [2.75, 3.05) is 48.9 Å². The number of aromatic nitrogens is 4. The number of piperazine rings is 1. The second kappa shape index (κ2) is 9.73. The zero-order chi connectivity index (χ0) is 24.2. The highest BCUT2D eigenvalue weighted by Crippen LogP contribution is 2.21. The number of benzene rings is 2. The normalized spacial score (nSPS) is 14.5. The summed E-state index contributed by atoms with van der Waals surface area (Å²) in [7, 11) is 2.08. The number of nitrogens with one attached hydrogen (secondary N) is 3. The molecule has 0 atom stereocenters. The van der Waals surface area contributed by atoms with Crippen molar-refractivity contribution in [2.24, 2.45) is 5.10 Å². The third-order valence-corrected chi connectivity index (χ3v) is 5.73. The van der Waals surface area contributed by atoms with Crippen LogP contribution in [0.4, 0.5) is 29.2 Å². The Morgan fingerprint density at radius 1 is 1.03 bits per heavy atom. The number of fused-ring (bicyclic) bond motifs is 1. The van der Waals surface area contributed by atoms with Gasteiger partial charge in [-0.3, -0.25) is 10.1 Å². The van der Waals surface area contributed by atoms with Crippen molar-refractivity contribution in [3.8, 4) is 0 Å². The van der Waals surface area contributed by atoms with Gasteiger partial charge in [0.2, 0.25) is 17.8 Å². The highest BCUT2D eigenvalue weighted by molar-refractivity contribution is 5.99. The summed E-state index contributed by atoms with van der Waals surface area (Å²) in [6.45, 7) is 3.38. The van der Waals surface area contributed by atoms with Crippen LogP contribution in [0.5, 0.6) is 0 Å². The number of non-ortho nitro benzene ring substituents is 1. The second-order valence-corrected chi connectivity index (χ2v) is 8.16. The second-order valence-electron chi connectivity index (χ2n) is 8.16. The number of rotatable bonds is 7. The van der Waals surface area contributed by atoms with Gasteiger partial charge in [0.1, 0.15) is 0 Å². The molecule has 0 unspecified atom stereocenters. The third-order valence-electron chi connectivity index (χ3n) is 5.73. The molecule has 0 radical (unpaired) electrons. The summed E-state index contributed by atoms with van der Waals surface area (Å²) in [6.07, 6.45) is 3.60. The van der Waals surface area contributed by atoms with E-state index in [1.807, 2.05) is 30.5 Å². The minimum atomic E-state index is -0.439. The largest absolute Gasteiger partial charge is 0.361 e. The van der Waals surface area contributed by atoms with Crippen LogP contribution in [0.2, 0.25) is 0 Å². The molecule has 3 N–H and O–H groups in total. The molecule has 35 heavy (non-hydrogen) atoms. The van der Waals surface area contributed by atoms with Crippen LogP contribution in [-0.4, -0.2) is 69.2 Å². The SMILES string of the molecule is CN1CCN(c2nc(N/N=C/c3c[nH]c4ccccc34)nc(Nc3ccc([N+](=O)[O-])cc3)n2)CC1. The summed E-state index contributed by atoms with van der Waals surface area (Å²) in [4.78, 5) is 31.6. The molecule has 0 spiro atoms. The highest BCUT2D eigenvalue weighted by atomic mass is 16.6. The van der Waals surface area contributed by atoms with Crippen molar-refractivity contribution in [3.05, 3.63) is 70.4 Å². The Hall–Kier alpha value is -4.58. The van der Waals surface area contributed by atoms with E-state index in [4.69, 9.17) is 0 Å². The maximum absolute atomic E-state index is 10.9. The van der Waals surface area contributed by atoms with Crippen LogP contribution in [0.1, 0.15) is 5.56 Å². The molecule has 0 amide bonds. The number of para-hydroxylation sites is 1. The molecule has 2 aromatic heterocycles. The number of likely N-dealkylation sites (N-methyl/N-ethyl adjacent to an activating group) is 1. The number of hydrazone groups is 1. The Labute approximate surface area is 200 Å². The van der Waals surface area contributed by atoms with Gasteiger partial charge in [0, 0.05) is 66.7 Å². The Morgan fingerprint density at radius 3 is 2.54 bits per heavy atom. The predicted octanol–water partition coefficient (Wildman–Crippen LogP) is 3.20. The molecule has 12 nitrogen and oxygen atoms in total. The van der Waals surface area contributed by atoms with E-state index in [-0.39, 0.29) is 11.6 Å². The third kappa shape index (κ3) is 5.17. The Balaban J connectivity index is 1.39. The maximum Gasteiger partial charge on any atom is 0.269 e. The Morgan fingerprint density at radius 2 is 1.77 bits per heavy atom. The number of nitro groups is 1. The number of aromatic amines is 1. The molecule has 4 aromatic rings. The van der Waals surface area contributed by atoms with E-state index in [0.717, 1.165) is 42.6 Å². The lowest BCUT2D eigenvalue weighted by Crippen LogP contribution is -2.45. The first-order valence-electron chi connectivity index (χ1n) is 11.1. The molecule has 1 aliphatic heterocycles. The van der Waals surface area contributed by atoms with Gasteiger partial charge in [-0.1, -0.05) is 18.2 Å². The molecule has 0 bridgehead atoms. The van der Waals surface area contributed by atoms with Gasteiger partial charge in [-0.2, -0.15) is 20.1 Å². The Kier molecular flexibility index (Phi) is 6.18. The summed E-state index contributed by atoms with van der Waals surface area (Å²) in [5.41, 5.74) is 5.51. The summed E-state index contributed by atoms with van der Waals surface area (Å²) in [5, 5.41) is 19.4. The van der Waals surface area contributed by atoms with Crippen LogP contribution in [0.3, 0.4) is 0 Å². The van der Waals surface area contributed by atoms with Crippen LogP contribution in [0.15, 0.2) is 59.8 Å². The van der Waals surface area contributed by atoms with Crippen molar-refractivity contribution in [3.63, 3.8) is 0 Å². The van der Waals surface area contributed by atoms with E-state index in [1.54, 1.807) is 18.3 Å². The number of hydrogen-bond acceptors (Lipinski definition) is 10. The fourth-order valence-corrected chi connectivity index (χ4v) is 3.77. The minimum absolute atomic E-state index is 0.0123.